The topological polar surface area (TPSA) is 116 Å². The first-order valence-corrected chi connectivity index (χ1v) is 7.70. The first-order chi connectivity index (χ1) is 12.9. The Morgan fingerprint density at radius 3 is 2.32 bits per heavy atom. The molecule has 0 radical (unpaired) electrons. The number of nitrogens with zero attached hydrogens (tertiary/aromatic N) is 2. The Kier molecular flexibility index (Phi) is 5.78. The van der Waals surface area contributed by atoms with Gasteiger partial charge < -0.3 is 10.5 Å². The summed E-state index contributed by atoms with van der Waals surface area (Å²) in [5.41, 5.74) is 3.50. The fourth-order valence-corrected chi connectivity index (χ4v) is 2.33. The molecule has 8 nitrogen and oxygen atoms in total. The third-order valence-corrected chi connectivity index (χ3v) is 3.81. The van der Waals surface area contributed by atoms with E-state index in [0.717, 1.165) is 31.3 Å². The van der Waals surface area contributed by atoms with Crippen LogP contribution in [0.4, 0.5) is 13.2 Å². The Balaban J connectivity index is 2.38. The lowest BCUT2D eigenvalue weighted by Crippen LogP contribution is -2.33. The molecule has 0 atom stereocenters. The van der Waals surface area contributed by atoms with Crippen LogP contribution in [-0.4, -0.2) is 28.9 Å². The largest absolute Gasteiger partial charge is 0.456 e. The number of hydrazine groups is 1. The van der Waals surface area contributed by atoms with E-state index >= 15 is 0 Å². The molecular formula is C16H11ClF3N3O5. The molecule has 0 fully saturated rings. The molecule has 2 amide bonds. The molecule has 0 bridgehead atoms. The molecule has 0 aliphatic rings. The van der Waals surface area contributed by atoms with Crippen molar-refractivity contribution >= 4 is 23.4 Å². The number of carbonyl (C=O) groups excluding carboxylic acids is 2. The van der Waals surface area contributed by atoms with Gasteiger partial charge in [-0.05, 0) is 36.4 Å². The molecular weight excluding hydrogens is 407 g/mol. The van der Waals surface area contributed by atoms with E-state index in [1.54, 1.807) is 0 Å². The van der Waals surface area contributed by atoms with E-state index in [0.29, 0.717) is 6.07 Å². The van der Waals surface area contributed by atoms with Crippen LogP contribution in [0.1, 0.15) is 26.3 Å². The van der Waals surface area contributed by atoms with E-state index in [2.05, 4.69) is 0 Å². The maximum absolute atomic E-state index is 12.7. The maximum Gasteiger partial charge on any atom is 0.416 e. The van der Waals surface area contributed by atoms with Crippen LogP contribution < -0.4 is 10.5 Å². The van der Waals surface area contributed by atoms with E-state index in [-0.39, 0.29) is 32.7 Å². The number of ether oxygens (including phenoxy) is 1. The normalized spacial score (nSPS) is 11.0. The lowest BCUT2D eigenvalue weighted by Gasteiger charge is -2.13. The van der Waals surface area contributed by atoms with Crippen molar-refractivity contribution in [1.29, 1.82) is 0 Å². The summed E-state index contributed by atoms with van der Waals surface area (Å²) < 4.78 is 43.4. The Bertz CT molecular complexity index is 965. The molecule has 2 rings (SSSR count). The summed E-state index contributed by atoms with van der Waals surface area (Å²) in [6.07, 6.45) is -4.59. The van der Waals surface area contributed by atoms with Gasteiger partial charge in [-0.1, -0.05) is 16.6 Å². The van der Waals surface area contributed by atoms with Gasteiger partial charge in [0.2, 0.25) is 5.91 Å². The van der Waals surface area contributed by atoms with Crippen LogP contribution in [0.25, 0.3) is 0 Å². The summed E-state index contributed by atoms with van der Waals surface area (Å²) in [5, 5.41) is 9.55. The Morgan fingerprint density at radius 2 is 1.82 bits per heavy atom. The second-order valence-corrected chi connectivity index (χ2v) is 5.79. The average molecular weight is 418 g/mol. The predicted octanol–water partition coefficient (Wildman–Crippen LogP) is 3.51. The molecule has 0 spiro atoms. The van der Waals surface area contributed by atoms with Crippen molar-refractivity contribution in [3.8, 4) is 11.5 Å². The monoisotopic (exact) mass is 417 g/mol. The molecule has 2 aromatic carbocycles. The highest BCUT2D eigenvalue weighted by atomic mass is 35.5. The lowest BCUT2D eigenvalue weighted by atomic mass is 10.1. The molecule has 148 valence electrons. The van der Waals surface area contributed by atoms with Gasteiger partial charge in [0.25, 0.3) is 0 Å². The van der Waals surface area contributed by atoms with Crippen molar-refractivity contribution in [1.82, 2.24) is 5.01 Å². The summed E-state index contributed by atoms with van der Waals surface area (Å²) in [6.45, 7) is 0. The fraction of sp³-hybridized carbons (Fsp3) is 0.125. The van der Waals surface area contributed by atoms with Gasteiger partial charge in [-0.15, -0.1) is 0 Å². The van der Waals surface area contributed by atoms with Gasteiger partial charge in [-0.25, -0.2) is 10.1 Å². The molecule has 12 heteroatoms. The van der Waals surface area contributed by atoms with Crippen molar-refractivity contribution < 1.29 is 32.5 Å². The van der Waals surface area contributed by atoms with Crippen LogP contribution in [0.5, 0.6) is 11.5 Å². The van der Waals surface area contributed by atoms with Crippen LogP contribution >= 0.6 is 11.6 Å². The molecule has 2 N–H and O–H groups in total. The molecule has 0 saturated heterocycles. The first kappa shape index (κ1) is 21.0. The summed E-state index contributed by atoms with van der Waals surface area (Å²) in [5.74, 6) is -2.38. The van der Waals surface area contributed by atoms with Gasteiger partial charge in [0.05, 0.1) is 28.8 Å². The summed E-state index contributed by atoms with van der Waals surface area (Å²) in [7, 11) is 0.888. The van der Waals surface area contributed by atoms with Crippen molar-refractivity contribution in [2.24, 2.45) is 5.73 Å². The van der Waals surface area contributed by atoms with Crippen molar-refractivity contribution in [3.05, 3.63) is 68.2 Å². The number of alkyl halides is 3. The van der Waals surface area contributed by atoms with Crippen LogP contribution in [0.15, 0.2) is 36.4 Å². The number of halogens is 4. The number of hydrogen-bond donors (Lipinski definition) is 1. The van der Waals surface area contributed by atoms with E-state index in [1.165, 1.54) is 6.07 Å². The molecule has 0 aromatic heterocycles. The first-order valence-electron chi connectivity index (χ1n) is 7.32. The Morgan fingerprint density at radius 1 is 1.18 bits per heavy atom. The van der Waals surface area contributed by atoms with Crippen molar-refractivity contribution in [3.63, 3.8) is 0 Å². The average Bonchev–Trinajstić information content (AvgIpc) is 2.61. The highest BCUT2D eigenvalue weighted by Gasteiger charge is 2.31. The van der Waals surface area contributed by atoms with Crippen LogP contribution in [0.3, 0.4) is 0 Å². The van der Waals surface area contributed by atoms with Gasteiger partial charge in [-0.2, -0.15) is 13.2 Å². The van der Waals surface area contributed by atoms with Crippen LogP contribution in [-0.2, 0) is 6.18 Å². The number of amides is 2. The van der Waals surface area contributed by atoms with Gasteiger partial charge >= 0.3 is 12.1 Å². The molecule has 0 saturated carbocycles. The molecule has 0 unspecified atom stereocenters. The van der Waals surface area contributed by atoms with E-state index in [9.17, 15) is 32.9 Å². The second kappa shape index (κ2) is 7.72. The van der Waals surface area contributed by atoms with E-state index in [1.807, 2.05) is 0 Å². The number of nitro groups is 1. The zero-order valence-electron chi connectivity index (χ0n) is 14.0. The zero-order valence-corrected chi connectivity index (χ0v) is 14.7. The predicted molar refractivity (Wildman–Crippen MR) is 90.6 cm³/mol. The molecule has 2 aromatic rings. The number of nitrogens with two attached hydrogens (primary N) is 1. The summed E-state index contributed by atoms with van der Waals surface area (Å²) >= 11 is 5.79. The van der Waals surface area contributed by atoms with Crippen LogP contribution in [0, 0.1) is 10.1 Å². The minimum atomic E-state index is -4.59. The van der Waals surface area contributed by atoms with Crippen molar-refractivity contribution in [2.45, 2.75) is 6.18 Å². The van der Waals surface area contributed by atoms with E-state index in [4.69, 9.17) is 22.1 Å². The number of primary amides is 1. The SMILES string of the molecule is CN(C(=O)c1ccc(Oc2ccc(C(F)(F)F)cc2Cl)cc1C(N)=O)[N+](=O)[O-]. The fourth-order valence-electron chi connectivity index (χ4n) is 2.11. The highest BCUT2D eigenvalue weighted by Crippen LogP contribution is 2.36. The number of rotatable bonds is 5. The second-order valence-electron chi connectivity index (χ2n) is 5.38. The summed E-state index contributed by atoms with van der Waals surface area (Å²) in [6, 6.07) is 5.67. The lowest BCUT2D eigenvalue weighted by molar-refractivity contribution is -0.625. The molecule has 0 aliphatic carbocycles. The highest BCUT2D eigenvalue weighted by molar-refractivity contribution is 6.32. The molecule has 0 aliphatic heterocycles. The smallest absolute Gasteiger partial charge is 0.416 e. The molecule has 28 heavy (non-hydrogen) atoms. The maximum atomic E-state index is 12.7. The third-order valence-electron chi connectivity index (χ3n) is 3.51. The van der Waals surface area contributed by atoms with E-state index < -0.39 is 28.6 Å². The van der Waals surface area contributed by atoms with Crippen LogP contribution in [0.2, 0.25) is 5.02 Å². The Hall–Kier alpha value is -3.34. The molecule has 0 heterocycles. The third kappa shape index (κ3) is 4.49. The van der Waals surface area contributed by atoms with Gasteiger partial charge in [0.1, 0.15) is 11.5 Å². The minimum Gasteiger partial charge on any atom is -0.456 e. The standard InChI is InChI=1S/C16H11ClF3N3O5/c1-22(23(26)27)15(25)10-4-3-9(7-11(10)14(21)24)28-13-5-2-8(6-12(13)17)16(18,19)20/h2-7H,1H3,(H2,21,24). The van der Waals surface area contributed by atoms with Crippen molar-refractivity contribution in [2.75, 3.05) is 7.05 Å². The number of benzene rings is 2. The van der Waals surface area contributed by atoms with Gasteiger partial charge in [0, 0.05) is 0 Å². The number of hydrogen-bond acceptors (Lipinski definition) is 5. The minimum absolute atomic E-state index is 0.0734. The zero-order chi connectivity index (χ0) is 21.2. The number of carbonyl (C=O) groups is 2. The quantitative estimate of drug-likeness (QED) is 0.590. The Labute approximate surface area is 160 Å². The van der Waals surface area contributed by atoms with Gasteiger partial charge in [-0.3, -0.25) is 9.59 Å². The van der Waals surface area contributed by atoms with Gasteiger partial charge in [0.15, 0.2) is 5.03 Å². The summed E-state index contributed by atoms with van der Waals surface area (Å²) in [4.78, 5) is 34.4.